The summed E-state index contributed by atoms with van der Waals surface area (Å²) in [7, 11) is 0. The minimum absolute atomic E-state index is 1.01. The summed E-state index contributed by atoms with van der Waals surface area (Å²) in [6, 6.07) is 54.1. The van der Waals surface area contributed by atoms with E-state index in [-0.39, 0.29) is 0 Å². The standard InChI is InChI=1S/C39H26N2/c1-3-11-27(12-4-1)29-19-21-30(22-20-29)32-23-31(28-13-5-2-6-14-28)24-33(25-32)41-37-18-10-8-16-35(37)39-34-15-7-9-17-36(34)40-26-38(39)41/h1-26H. The summed E-state index contributed by atoms with van der Waals surface area (Å²) in [6.07, 6.45) is 2.03. The average molecular weight is 523 g/mol. The number of nitrogens with zero attached hydrogens (tertiary/aromatic N) is 2. The van der Waals surface area contributed by atoms with Gasteiger partial charge in [-0.25, -0.2) is 0 Å². The number of pyridine rings is 1. The molecule has 0 unspecified atom stereocenters. The Morgan fingerprint density at radius 2 is 0.902 bits per heavy atom. The summed E-state index contributed by atoms with van der Waals surface area (Å²) in [6.45, 7) is 0. The number of aromatic nitrogens is 2. The van der Waals surface area contributed by atoms with Gasteiger partial charge in [0.15, 0.2) is 0 Å². The minimum Gasteiger partial charge on any atom is -0.308 e. The number of rotatable bonds is 4. The Kier molecular flexibility index (Phi) is 5.49. The predicted octanol–water partition coefficient (Wildman–Crippen LogP) is 10.3. The monoisotopic (exact) mass is 522 g/mol. The van der Waals surface area contributed by atoms with E-state index >= 15 is 0 Å². The van der Waals surface area contributed by atoms with Crippen LogP contribution in [0.25, 0.3) is 71.8 Å². The lowest BCUT2D eigenvalue weighted by Gasteiger charge is -2.14. The molecule has 0 amide bonds. The van der Waals surface area contributed by atoms with Crippen LogP contribution in [0.5, 0.6) is 0 Å². The maximum Gasteiger partial charge on any atom is 0.0730 e. The van der Waals surface area contributed by atoms with Gasteiger partial charge in [-0.2, -0.15) is 0 Å². The van der Waals surface area contributed by atoms with Crippen LogP contribution in [-0.4, -0.2) is 9.55 Å². The van der Waals surface area contributed by atoms with Crippen molar-refractivity contribution in [2.75, 3.05) is 0 Å². The lowest BCUT2D eigenvalue weighted by Crippen LogP contribution is -1.96. The van der Waals surface area contributed by atoms with Crippen LogP contribution in [0.15, 0.2) is 158 Å². The van der Waals surface area contributed by atoms with Crippen molar-refractivity contribution < 1.29 is 0 Å². The van der Waals surface area contributed by atoms with E-state index in [9.17, 15) is 0 Å². The van der Waals surface area contributed by atoms with E-state index in [4.69, 9.17) is 4.98 Å². The average Bonchev–Trinajstić information content (AvgIpc) is 3.40. The molecule has 2 heteroatoms. The first-order chi connectivity index (χ1) is 20.3. The van der Waals surface area contributed by atoms with Crippen LogP contribution in [-0.2, 0) is 0 Å². The number of hydrogen-bond donors (Lipinski definition) is 0. The van der Waals surface area contributed by atoms with Crippen LogP contribution >= 0.6 is 0 Å². The Hall–Kier alpha value is -5.47. The molecule has 0 saturated heterocycles. The lowest BCUT2D eigenvalue weighted by atomic mass is 9.96. The minimum atomic E-state index is 1.01. The zero-order valence-electron chi connectivity index (χ0n) is 22.4. The van der Waals surface area contributed by atoms with Crippen molar-refractivity contribution in [3.63, 3.8) is 0 Å². The molecule has 0 saturated carbocycles. The Morgan fingerprint density at radius 3 is 1.59 bits per heavy atom. The van der Waals surface area contributed by atoms with Crippen molar-refractivity contribution in [3.05, 3.63) is 158 Å². The second-order valence-electron chi connectivity index (χ2n) is 10.5. The van der Waals surface area contributed by atoms with Gasteiger partial charge in [-0.15, -0.1) is 0 Å². The summed E-state index contributed by atoms with van der Waals surface area (Å²) in [4.78, 5) is 4.87. The van der Waals surface area contributed by atoms with Crippen LogP contribution in [0.3, 0.4) is 0 Å². The van der Waals surface area contributed by atoms with Crippen LogP contribution in [0, 0.1) is 0 Å². The van der Waals surface area contributed by atoms with Crippen molar-refractivity contribution in [1.82, 2.24) is 9.55 Å². The summed E-state index contributed by atoms with van der Waals surface area (Å²) in [5.41, 5.74) is 11.6. The summed E-state index contributed by atoms with van der Waals surface area (Å²) >= 11 is 0. The molecular weight excluding hydrogens is 496 g/mol. The first-order valence-corrected chi connectivity index (χ1v) is 14.0. The van der Waals surface area contributed by atoms with Crippen LogP contribution < -0.4 is 0 Å². The Bertz CT molecular complexity index is 2170. The molecule has 8 rings (SSSR count). The van der Waals surface area contributed by atoms with Crippen LogP contribution in [0.2, 0.25) is 0 Å². The molecule has 0 bridgehead atoms. The van der Waals surface area contributed by atoms with Gasteiger partial charge in [-0.3, -0.25) is 4.98 Å². The number of hydrogen-bond acceptors (Lipinski definition) is 1. The summed E-state index contributed by atoms with van der Waals surface area (Å²) in [5.74, 6) is 0. The lowest BCUT2D eigenvalue weighted by molar-refractivity contribution is 1.17. The van der Waals surface area contributed by atoms with E-state index in [0.717, 1.165) is 16.7 Å². The van der Waals surface area contributed by atoms with Gasteiger partial charge in [-0.05, 0) is 63.7 Å². The highest BCUT2D eigenvalue weighted by Gasteiger charge is 2.17. The summed E-state index contributed by atoms with van der Waals surface area (Å²) in [5, 5.41) is 3.65. The maximum absolute atomic E-state index is 4.87. The van der Waals surface area contributed by atoms with E-state index in [1.54, 1.807) is 0 Å². The smallest absolute Gasteiger partial charge is 0.0730 e. The van der Waals surface area contributed by atoms with Crippen molar-refractivity contribution >= 4 is 32.7 Å². The van der Waals surface area contributed by atoms with Gasteiger partial charge in [0.25, 0.3) is 0 Å². The Balaban J connectivity index is 1.38. The normalized spacial score (nSPS) is 11.4. The molecule has 0 aliphatic rings. The predicted molar refractivity (Wildman–Crippen MR) is 172 cm³/mol. The SMILES string of the molecule is c1ccc(-c2ccc(-c3cc(-c4ccccc4)cc(-n4c5ccccc5c5c6ccccc6ncc54)c3)cc2)cc1. The highest BCUT2D eigenvalue weighted by atomic mass is 15.0. The fourth-order valence-electron chi connectivity index (χ4n) is 6.06. The molecule has 2 nitrogen and oxygen atoms in total. The van der Waals surface area contributed by atoms with Gasteiger partial charge in [0.2, 0.25) is 0 Å². The van der Waals surface area contributed by atoms with Gasteiger partial charge in [0.1, 0.15) is 0 Å². The van der Waals surface area contributed by atoms with E-state index in [1.165, 1.54) is 55.1 Å². The topological polar surface area (TPSA) is 17.8 Å². The van der Waals surface area contributed by atoms with Gasteiger partial charge >= 0.3 is 0 Å². The van der Waals surface area contributed by atoms with E-state index in [2.05, 4.69) is 156 Å². The molecule has 0 aliphatic heterocycles. The number of benzene rings is 6. The largest absolute Gasteiger partial charge is 0.308 e. The second kappa shape index (κ2) is 9.62. The fourth-order valence-corrected chi connectivity index (χ4v) is 6.06. The van der Waals surface area contributed by atoms with Crippen LogP contribution in [0.4, 0.5) is 0 Å². The zero-order valence-corrected chi connectivity index (χ0v) is 22.4. The molecule has 0 atom stereocenters. The fraction of sp³-hybridized carbons (Fsp3) is 0. The highest BCUT2D eigenvalue weighted by molar-refractivity contribution is 6.20. The van der Waals surface area contributed by atoms with Crippen LogP contribution in [0.1, 0.15) is 0 Å². The number of fused-ring (bicyclic) bond motifs is 5. The molecule has 2 aromatic heterocycles. The van der Waals surface area contributed by atoms with Crippen molar-refractivity contribution in [3.8, 4) is 39.1 Å². The van der Waals surface area contributed by atoms with Crippen molar-refractivity contribution in [2.24, 2.45) is 0 Å². The Labute approximate surface area is 238 Å². The molecule has 8 aromatic rings. The molecule has 0 aliphatic carbocycles. The molecular formula is C39H26N2. The molecule has 41 heavy (non-hydrogen) atoms. The molecule has 0 N–H and O–H groups in total. The van der Waals surface area contributed by atoms with Crippen molar-refractivity contribution in [2.45, 2.75) is 0 Å². The molecule has 0 fully saturated rings. The third kappa shape index (κ3) is 4.00. The maximum atomic E-state index is 4.87. The number of para-hydroxylation sites is 2. The van der Waals surface area contributed by atoms with Gasteiger partial charge in [0, 0.05) is 21.8 Å². The molecule has 2 heterocycles. The third-order valence-corrected chi connectivity index (χ3v) is 8.02. The first kappa shape index (κ1) is 23.4. The molecule has 192 valence electrons. The van der Waals surface area contributed by atoms with Gasteiger partial charge < -0.3 is 4.57 Å². The summed E-state index contributed by atoms with van der Waals surface area (Å²) < 4.78 is 2.37. The van der Waals surface area contributed by atoms with E-state index in [0.29, 0.717) is 0 Å². The van der Waals surface area contributed by atoms with Gasteiger partial charge in [-0.1, -0.05) is 121 Å². The quantitative estimate of drug-likeness (QED) is 0.225. The second-order valence-corrected chi connectivity index (χ2v) is 10.5. The van der Waals surface area contributed by atoms with Crippen molar-refractivity contribution in [1.29, 1.82) is 0 Å². The molecule has 0 spiro atoms. The zero-order chi connectivity index (χ0) is 27.2. The Morgan fingerprint density at radius 1 is 0.390 bits per heavy atom. The van der Waals surface area contributed by atoms with E-state index in [1.807, 2.05) is 6.20 Å². The highest BCUT2D eigenvalue weighted by Crippen LogP contribution is 2.38. The first-order valence-electron chi connectivity index (χ1n) is 14.0. The third-order valence-electron chi connectivity index (χ3n) is 8.02. The van der Waals surface area contributed by atoms with E-state index < -0.39 is 0 Å². The molecule has 0 radical (unpaired) electrons. The molecule has 6 aromatic carbocycles. The van der Waals surface area contributed by atoms with Gasteiger partial charge in [0.05, 0.1) is 22.7 Å².